The Kier molecular flexibility index (Phi) is 8.94. The Hall–Kier alpha value is -2.81. The molecule has 0 aliphatic heterocycles. The topological polar surface area (TPSA) is 92.2 Å². The van der Waals surface area contributed by atoms with Crippen LogP contribution in [0.15, 0.2) is 64.7 Å². The van der Waals surface area contributed by atoms with Gasteiger partial charge in [0.25, 0.3) is 0 Å². The summed E-state index contributed by atoms with van der Waals surface area (Å²) in [5, 5.41) is 14.0. The zero-order valence-corrected chi connectivity index (χ0v) is 20.4. The normalized spacial score (nSPS) is 11.0. The van der Waals surface area contributed by atoms with Crippen LogP contribution in [0.3, 0.4) is 0 Å². The fourth-order valence-electron chi connectivity index (χ4n) is 3.02. The van der Waals surface area contributed by atoms with Crippen LogP contribution in [0.4, 0.5) is 5.69 Å². The van der Waals surface area contributed by atoms with Crippen molar-refractivity contribution in [2.45, 2.75) is 22.9 Å². The van der Waals surface area contributed by atoms with Crippen molar-refractivity contribution in [1.29, 1.82) is 0 Å². The first-order valence-electron chi connectivity index (χ1n) is 9.91. The monoisotopic (exact) mass is 499 g/mol. The molecule has 0 radical (unpaired) electrons. The maximum atomic E-state index is 12.2. The molecule has 3 aromatic rings. The number of thioether (sulfide) groups is 2. The van der Waals surface area contributed by atoms with Crippen LogP contribution in [0.25, 0.3) is 6.08 Å². The second-order valence-electron chi connectivity index (χ2n) is 6.96. The number of carboxylic acids is 1. The van der Waals surface area contributed by atoms with Gasteiger partial charge in [0.2, 0.25) is 5.91 Å². The van der Waals surface area contributed by atoms with Crippen LogP contribution < -0.4 is 5.32 Å². The highest BCUT2D eigenvalue weighted by molar-refractivity contribution is 7.99. The third kappa shape index (κ3) is 7.35. The standard InChI is InChI=1S/C24H22ClN3O3S2/c1-32-23-19(14-22(30)31)24(33-2)28-20(27-23)13-16-5-10-18(11-6-16)26-21(29)12-7-15-3-8-17(25)9-4-15/h3-12H,13-14H2,1-2H3,(H,26,29)(H,30,31)/b12-7+. The van der Waals surface area contributed by atoms with E-state index in [0.717, 1.165) is 11.1 Å². The summed E-state index contributed by atoms with van der Waals surface area (Å²) in [7, 11) is 0. The average molecular weight is 500 g/mol. The van der Waals surface area contributed by atoms with E-state index in [9.17, 15) is 14.7 Å². The molecule has 0 saturated carbocycles. The highest BCUT2D eigenvalue weighted by atomic mass is 35.5. The second-order valence-corrected chi connectivity index (χ2v) is 8.98. The summed E-state index contributed by atoms with van der Waals surface area (Å²) >= 11 is 8.70. The summed E-state index contributed by atoms with van der Waals surface area (Å²) in [6, 6.07) is 14.7. The van der Waals surface area contributed by atoms with Gasteiger partial charge in [0.15, 0.2) is 0 Å². The fourth-order valence-corrected chi connectivity index (χ4v) is 4.44. The lowest BCUT2D eigenvalue weighted by molar-refractivity contribution is -0.136. The third-order valence-corrected chi connectivity index (χ3v) is 6.27. The highest BCUT2D eigenvalue weighted by Crippen LogP contribution is 2.28. The molecule has 2 N–H and O–H groups in total. The van der Waals surface area contributed by atoms with Gasteiger partial charge in [-0.05, 0) is 54.0 Å². The molecule has 6 nitrogen and oxygen atoms in total. The Labute approximate surface area is 205 Å². The van der Waals surface area contributed by atoms with E-state index < -0.39 is 5.97 Å². The first-order chi connectivity index (χ1) is 15.9. The Morgan fingerprint density at radius 3 is 2.15 bits per heavy atom. The Morgan fingerprint density at radius 1 is 1.00 bits per heavy atom. The number of hydrogen-bond donors (Lipinski definition) is 2. The van der Waals surface area contributed by atoms with Crippen LogP contribution in [0, 0.1) is 0 Å². The molecular formula is C24H22ClN3O3S2. The quantitative estimate of drug-likeness (QED) is 0.230. The Balaban J connectivity index is 1.67. The number of rotatable bonds is 9. The number of halogens is 1. The predicted octanol–water partition coefficient (Wildman–Crippen LogP) is 5.44. The number of carbonyl (C=O) groups is 2. The summed E-state index contributed by atoms with van der Waals surface area (Å²) < 4.78 is 0. The molecule has 0 aliphatic carbocycles. The molecule has 0 saturated heterocycles. The number of aliphatic carboxylic acids is 1. The molecule has 0 atom stereocenters. The van der Waals surface area contributed by atoms with E-state index >= 15 is 0 Å². The van der Waals surface area contributed by atoms with Crippen LogP contribution >= 0.6 is 35.1 Å². The van der Waals surface area contributed by atoms with E-state index in [1.807, 2.05) is 48.9 Å². The fraction of sp³-hybridized carbons (Fsp3) is 0.167. The summed E-state index contributed by atoms with van der Waals surface area (Å²) in [6.45, 7) is 0. The van der Waals surface area contributed by atoms with Crippen LogP contribution in [-0.2, 0) is 22.4 Å². The van der Waals surface area contributed by atoms with Crippen molar-refractivity contribution in [2.24, 2.45) is 0 Å². The molecule has 1 heterocycles. The minimum atomic E-state index is -0.905. The average Bonchev–Trinajstić information content (AvgIpc) is 2.80. The molecule has 2 aromatic carbocycles. The van der Waals surface area contributed by atoms with E-state index in [4.69, 9.17) is 11.6 Å². The van der Waals surface area contributed by atoms with Gasteiger partial charge in [-0.25, -0.2) is 9.97 Å². The van der Waals surface area contributed by atoms with E-state index in [1.54, 1.807) is 18.2 Å². The molecule has 1 aromatic heterocycles. The zero-order valence-electron chi connectivity index (χ0n) is 18.0. The largest absolute Gasteiger partial charge is 0.481 e. The molecule has 33 heavy (non-hydrogen) atoms. The highest BCUT2D eigenvalue weighted by Gasteiger charge is 2.16. The molecule has 0 spiro atoms. The molecular weight excluding hydrogens is 478 g/mol. The summed E-state index contributed by atoms with van der Waals surface area (Å²) in [4.78, 5) is 32.5. The molecule has 0 unspecified atom stereocenters. The van der Waals surface area contributed by atoms with Crippen molar-refractivity contribution in [1.82, 2.24) is 9.97 Å². The van der Waals surface area contributed by atoms with E-state index in [1.165, 1.54) is 29.6 Å². The molecule has 170 valence electrons. The molecule has 9 heteroatoms. The van der Waals surface area contributed by atoms with E-state index in [2.05, 4.69) is 15.3 Å². The number of nitrogens with zero attached hydrogens (tertiary/aromatic N) is 2. The molecule has 3 rings (SSSR count). The lowest BCUT2D eigenvalue weighted by Gasteiger charge is -2.12. The van der Waals surface area contributed by atoms with Gasteiger partial charge in [-0.3, -0.25) is 9.59 Å². The molecule has 0 fully saturated rings. The van der Waals surface area contributed by atoms with E-state index in [0.29, 0.717) is 38.6 Å². The molecule has 0 bridgehead atoms. The smallest absolute Gasteiger partial charge is 0.308 e. The van der Waals surface area contributed by atoms with Crippen molar-refractivity contribution >= 4 is 58.8 Å². The van der Waals surface area contributed by atoms with Gasteiger partial charge < -0.3 is 10.4 Å². The van der Waals surface area contributed by atoms with Crippen molar-refractivity contribution < 1.29 is 14.7 Å². The van der Waals surface area contributed by atoms with Gasteiger partial charge in [0.05, 0.1) is 6.42 Å². The van der Waals surface area contributed by atoms with Gasteiger partial charge in [-0.2, -0.15) is 0 Å². The minimum absolute atomic E-state index is 0.104. The van der Waals surface area contributed by atoms with Crippen molar-refractivity contribution in [3.05, 3.63) is 82.1 Å². The first kappa shape index (κ1) is 24.8. The number of amides is 1. The number of hydrogen-bond acceptors (Lipinski definition) is 6. The maximum Gasteiger partial charge on any atom is 0.308 e. The summed E-state index contributed by atoms with van der Waals surface area (Å²) in [6.07, 6.45) is 7.34. The maximum absolute atomic E-state index is 12.2. The number of aromatic nitrogens is 2. The Morgan fingerprint density at radius 2 is 1.61 bits per heavy atom. The van der Waals surface area contributed by atoms with Crippen LogP contribution in [-0.4, -0.2) is 39.5 Å². The van der Waals surface area contributed by atoms with Gasteiger partial charge >= 0.3 is 5.97 Å². The third-order valence-electron chi connectivity index (χ3n) is 4.57. The number of carbonyl (C=O) groups excluding carboxylic acids is 1. The van der Waals surface area contributed by atoms with Crippen molar-refractivity contribution in [3.8, 4) is 0 Å². The van der Waals surface area contributed by atoms with Crippen LogP contribution in [0.2, 0.25) is 5.02 Å². The summed E-state index contributed by atoms with van der Waals surface area (Å²) in [5.41, 5.74) is 3.19. The number of carboxylic acid groups (broad SMARTS) is 1. The van der Waals surface area contributed by atoms with E-state index in [-0.39, 0.29) is 12.3 Å². The predicted molar refractivity (Wildman–Crippen MR) is 135 cm³/mol. The van der Waals surface area contributed by atoms with Gasteiger partial charge in [-0.15, -0.1) is 23.5 Å². The van der Waals surface area contributed by atoms with Crippen molar-refractivity contribution in [3.63, 3.8) is 0 Å². The van der Waals surface area contributed by atoms with Crippen molar-refractivity contribution in [2.75, 3.05) is 17.8 Å². The van der Waals surface area contributed by atoms with Crippen LogP contribution in [0.5, 0.6) is 0 Å². The molecule has 0 aliphatic rings. The van der Waals surface area contributed by atoms with Gasteiger partial charge in [0, 0.05) is 28.8 Å². The number of anilines is 1. The first-order valence-corrected chi connectivity index (χ1v) is 12.7. The molecule has 1 amide bonds. The number of benzene rings is 2. The Bertz CT molecular complexity index is 1140. The SMILES string of the molecule is CSc1nc(Cc2ccc(NC(=O)/C=C/c3ccc(Cl)cc3)cc2)nc(SC)c1CC(=O)O. The van der Waals surface area contributed by atoms with Gasteiger partial charge in [0.1, 0.15) is 15.9 Å². The van der Waals surface area contributed by atoms with Crippen LogP contribution in [0.1, 0.15) is 22.5 Å². The lowest BCUT2D eigenvalue weighted by atomic mass is 10.1. The van der Waals surface area contributed by atoms with Gasteiger partial charge in [-0.1, -0.05) is 35.9 Å². The number of nitrogens with one attached hydrogen (secondary N) is 1. The minimum Gasteiger partial charge on any atom is -0.481 e. The lowest BCUT2D eigenvalue weighted by Crippen LogP contribution is -2.09. The summed E-state index contributed by atoms with van der Waals surface area (Å²) in [5.74, 6) is -0.512. The second kappa shape index (κ2) is 11.9. The zero-order chi connectivity index (χ0) is 23.8.